The lowest BCUT2D eigenvalue weighted by Gasteiger charge is -2.02. The third-order valence-electron chi connectivity index (χ3n) is 2.26. The van der Waals surface area contributed by atoms with Gasteiger partial charge in [-0.25, -0.2) is 9.97 Å². The molecule has 1 heterocycles. The van der Waals surface area contributed by atoms with Gasteiger partial charge in [-0.05, 0) is 24.1 Å². The SMILES string of the molecule is CCc1cnc(-c2ccccc2O)nc1. The standard InChI is InChI=1S/C12H12N2O/c1-2-9-7-13-12(14-8-9)10-5-3-4-6-11(10)15/h3-8,15H,2H2,1H3. The van der Waals surface area contributed by atoms with E-state index in [1.54, 1.807) is 30.6 Å². The molecule has 2 rings (SSSR count). The van der Waals surface area contributed by atoms with Crippen molar-refractivity contribution in [1.29, 1.82) is 0 Å². The van der Waals surface area contributed by atoms with Gasteiger partial charge < -0.3 is 5.11 Å². The molecule has 0 bridgehead atoms. The minimum absolute atomic E-state index is 0.210. The lowest BCUT2D eigenvalue weighted by molar-refractivity contribution is 0.477. The van der Waals surface area contributed by atoms with Gasteiger partial charge in [0.1, 0.15) is 5.75 Å². The largest absolute Gasteiger partial charge is 0.507 e. The summed E-state index contributed by atoms with van der Waals surface area (Å²) in [7, 11) is 0. The molecule has 1 aromatic heterocycles. The molecular formula is C12H12N2O. The quantitative estimate of drug-likeness (QED) is 0.809. The maximum Gasteiger partial charge on any atom is 0.162 e. The molecule has 0 saturated heterocycles. The predicted octanol–water partition coefficient (Wildman–Crippen LogP) is 2.41. The highest BCUT2D eigenvalue weighted by Gasteiger charge is 2.05. The van der Waals surface area contributed by atoms with Crippen molar-refractivity contribution in [3.8, 4) is 17.1 Å². The molecule has 0 saturated carbocycles. The third kappa shape index (κ3) is 1.96. The van der Waals surface area contributed by atoms with E-state index in [4.69, 9.17) is 0 Å². The maximum absolute atomic E-state index is 9.61. The number of hydrogen-bond donors (Lipinski definition) is 1. The number of aromatic hydroxyl groups is 1. The van der Waals surface area contributed by atoms with E-state index < -0.39 is 0 Å². The molecule has 0 aliphatic rings. The van der Waals surface area contributed by atoms with Crippen molar-refractivity contribution < 1.29 is 5.11 Å². The van der Waals surface area contributed by atoms with Crippen LogP contribution in [0.15, 0.2) is 36.7 Å². The molecule has 0 aliphatic carbocycles. The van der Waals surface area contributed by atoms with Gasteiger partial charge >= 0.3 is 0 Å². The van der Waals surface area contributed by atoms with Crippen molar-refractivity contribution >= 4 is 0 Å². The summed E-state index contributed by atoms with van der Waals surface area (Å²) in [4.78, 5) is 8.42. The number of aryl methyl sites for hydroxylation is 1. The minimum atomic E-state index is 0.210. The third-order valence-corrected chi connectivity index (χ3v) is 2.26. The van der Waals surface area contributed by atoms with Crippen LogP contribution in [0.1, 0.15) is 12.5 Å². The molecule has 3 heteroatoms. The number of nitrogens with zero attached hydrogens (tertiary/aromatic N) is 2. The van der Waals surface area contributed by atoms with Crippen LogP contribution in [0.3, 0.4) is 0 Å². The number of phenols is 1. The van der Waals surface area contributed by atoms with Crippen LogP contribution in [0.2, 0.25) is 0 Å². The summed E-state index contributed by atoms with van der Waals surface area (Å²) in [5.41, 5.74) is 1.76. The zero-order valence-electron chi connectivity index (χ0n) is 8.51. The van der Waals surface area contributed by atoms with Gasteiger partial charge in [-0.2, -0.15) is 0 Å². The smallest absolute Gasteiger partial charge is 0.162 e. The Balaban J connectivity index is 2.42. The summed E-state index contributed by atoms with van der Waals surface area (Å²) in [5.74, 6) is 0.770. The fourth-order valence-electron chi connectivity index (χ4n) is 1.34. The summed E-state index contributed by atoms with van der Waals surface area (Å²) in [5, 5.41) is 9.61. The van der Waals surface area contributed by atoms with Crippen LogP contribution in [-0.4, -0.2) is 15.1 Å². The molecule has 0 atom stereocenters. The Morgan fingerprint density at radius 3 is 2.40 bits per heavy atom. The molecule has 76 valence electrons. The van der Waals surface area contributed by atoms with Crippen LogP contribution in [0.25, 0.3) is 11.4 Å². The Kier molecular flexibility index (Phi) is 2.63. The van der Waals surface area contributed by atoms with E-state index in [0.29, 0.717) is 11.4 Å². The van der Waals surface area contributed by atoms with Gasteiger partial charge in [0.2, 0.25) is 0 Å². The van der Waals surface area contributed by atoms with Crippen molar-refractivity contribution in [2.24, 2.45) is 0 Å². The van der Waals surface area contributed by atoms with Crippen LogP contribution >= 0.6 is 0 Å². The Labute approximate surface area is 88.5 Å². The van der Waals surface area contributed by atoms with E-state index in [9.17, 15) is 5.11 Å². The highest BCUT2D eigenvalue weighted by Crippen LogP contribution is 2.24. The molecule has 1 N–H and O–H groups in total. The van der Waals surface area contributed by atoms with Gasteiger partial charge in [-0.3, -0.25) is 0 Å². The van der Waals surface area contributed by atoms with Gasteiger partial charge in [-0.15, -0.1) is 0 Å². The molecule has 15 heavy (non-hydrogen) atoms. The first-order chi connectivity index (χ1) is 7.31. The summed E-state index contributed by atoms with van der Waals surface area (Å²) in [6.45, 7) is 2.05. The first-order valence-electron chi connectivity index (χ1n) is 4.90. The van der Waals surface area contributed by atoms with Crippen LogP contribution < -0.4 is 0 Å². The molecule has 0 amide bonds. The Morgan fingerprint density at radius 1 is 1.13 bits per heavy atom. The summed E-state index contributed by atoms with van der Waals surface area (Å²) in [6.07, 6.45) is 4.49. The van der Waals surface area contributed by atoms with Crippen molar-refractivity contribution in [3.63, 3.8) is 0 Å². The zero-order chi connectivity index (χ0) is 10.7. The fraction of sp³-hybridized carbons (Fsp3) is 0.167. The van der Waals surface area contributed by atoms with Crippen LogP contribution in [0, 0.1) is 0 Å². The maximum atomic E-state index is 9.61. The number of para-hydroxylation sites is 1. The van der Waals surface area contributed by atoms with E-state index in [1.807, 2.05) is 6.07 Å². The second-order valence-corrected chi connectivity index (χ2v) is 3.29. The highest BCUT2D eigenvalue weighted by molar-refractivity contribution is 5.62. The lowest BCUT2D eigenvalue weighted by atomic mass is 10.2. The number of hydrogen-bond acceptors (Lipinski definition) is 3. The molecule has 0 unspecified atom stereocenters. The van der Waals surface area contributed by atoms with Crippen molar-refractivity contribution in [1.82, 2.24) is 9.97 Å². The second kappa shape index (κ2) is 4.09. The van der Waals surface area contributed by atoms with Gasteiger partial charge in [0, 0.05) is 12.4 Å². The average molecular weight is 200 g/mol. The number of rotatable bonds is 2. The zero-order valence-corrected chi connectivity index (χ0v) is 8.51. The summed E-state index contributed by atoms with van der Waals surface area (Å²) in [6, 6.07) is 7.06. The first kappa shape index (κ1) is 9.65. The van der Waals surface area contributed by atoms with Crippen molar-refractivity contribution in [2.45, 2.75) is 13.3 Å². The Bertz CT molecular complexity index is 451. The fourth-order valence-corrected chi connectivity index (χ4v) is 1.34. The van der Waals surface area contributed by atoms with E-state index in [1.165, 1.54) is 0 Å². The van der Waals surface area contributed by atoms with E-state index in [-0.39, 0.29) is 5.75 Å². The van der Waals surface area contributed by atoms with Crippen LogP contribution in [0.4, 0.5) is 0 Å². The van der Waals surface area contributed by atoms with E-state index in [0.717, 1.165) is 12.0 Å². The van der Waals surface area contributed by atoms with E-state index >= 15 is 0 Å². The van der Waals surface area contributed by atoms with Gasteiger partial charge in [0.05, 0.1) is 5.56 Å². The number of phenolic OH excluding ortho intramolecular Hbond substituents is 1. The molecule has 0 aliphatic heterocycles. The molecule has 2 aromatic rings. The summed E-state index contributed by atoms with van der Waals surface area (Å²) < 4.78 is 0. The topological polar surface area (TPSA) is 46.0 Å². The first-order valence-corrected chi connectivity index (χ1v) is 4.90. The molecule has 0 radical (unpaired) electrons. The monoisotopic (exact) mass is 200 g/mol. The Morgan fingerprint density at radius 2 is 1.80 bits per heavy atom. The molecule has 0 fully saturated rings. The normalized spacial score (nSPS) is 10.2. The van der Waals surface area contributed by atoms with Crippen LogP contribution in [-0.2, 0) is 6.42 Å². The van der Waals surface area contributed by atoms with Crippen molar-refractivity contribution in [2.75, 3.05) is 0 Å². The molecule has 3 nitrogen and oxygen atoms in total. The Hall–Kier alpha value is -1.90. The number of aromatic nitrogens is 2. The molecular weight excluding hydrogens is 188 g/mol. The van der Waals surface area contributed by atoms with Gasteiger partial charge in [-0.1, -0.05) is 19.1 Å². The highest BCUT2D eigenvalue weighted by atomic mass is 16.3. The van der Waals surface area contributed by atoms with Crippen molar-refractivity contribution in [3.05, 3.63) is 42.2 Å². The number of benzene rings is 1. The molecule has 1 aromatic carbocycles. The van der Waals surface area contributed by atoms with Gasteiger partial charge in [0.25, 0.3) is 0 Å². The minimum Gasteiger partial charge on any atom is -0.507 e. The average Bonchev–Trinajstić information content (AvgIpc) is 2.30. The van der Waals surface area contributed by atoms with E-state index in [2.05, 4.69) is 16.9 Å². The van der Waals surface area contributed by atoms with Gasteiger partial charge in [0.15, 0.2) is 5.82 Å². The molecule has 0 spiro atoms. The van der Waals surface area contributed by atoms with Crippen LogP contribution in [0.5, 0.6) is 5.75 Å². The lowest BCUT2D eigenvalue weighted by Crippen LogP contribution is -1.91. The second-order valence-electron chi connectivity index (χ2n) is 3.29. The summed E-state index contributed by atoms with van der Waals surface area (Å²) >= 11 is 0. The predicted molar refractivity (Wildman–Crippen MR) is 58.5 cm³/mol.